The van der Waals surface area contributed by atoms with Crippen molar-refractivity contribution in [3.8, 4) is 0 Å². The maximum Gasteiger partial charge on any atom is 0.281 e. The molecule has 3 heterocycles. The van der Waals surface area contributed by atoms with Crippen LogP contribution in [0.3, 0.4) is 0 Å². The predicted octanol–water partition coefficient (Wildman–Crippen LogP) is -0.747. The van der Waals surface area contributed by atoms with Gasteiger partial charge in [-0.3, -0.25) is 13.9 Å². The summed E-state index contributed by atoms with van der Waals surface area (Å²) in [5.74, 6) is 0. The van der Waals surface area contributed by atoms with Crippen molar-refractivity contribution < 1.29 is 20.1 Å². The van der Waals surface area contributed by atoms with E-state index < -0.39 is 31.1 Å². The van der Waals surface area contributed by atoms with E-state index in [1.165, 1.54) is 21.8 Å². The minimum Gasteiger partial charge on any atom is -0.394 e. The van der Waals surface area contributed by atoms with Gasteiger partial charge < -0.3 is 20.1 Å². The van der Waals surface area contributed by atoms with Crippen LogP contribution in [0.4, 0.5) is 0 Å². The van der Waals surface area contributed by atoms with Gasteiger partial charge in [0, 0.05) is 0 Å². The van der Waals surface area contributed by atoms with Crippen LogP contribution in [0.25, 0.3) is 11.2 Å². The van der Waals surface area contributed by atoms with Crippen molar-refractivity contribution in [1.82, 2.24) is 19.1 Å². The second-order valence-corrected chi connectivity index (χ2v) is 6.22. The molecule has 0 spiro atoms. The van der Waals surface area contributed by atoms with Crippen LogP contribution in [-0.2, 0) is 11.3 Å². The highest BCUT2D eigenvalue weighted by atomic mass is 16.6. The van der Waals surface area contributed by atoms with Gasteiger partial charge in [-0.1, -0.05) is 30.3 Å². The summed E-state index contributed by atoms with van der Waals surface area (Å²) in [4.78, 5) is 21.1. The molecule has 1 aliphatic heterocycles. The van der Waals surface area contributed by atoms with Crippen molar-refractivity contribution in [3.63, 3.8) is 0 Å². The van der Waals surface area contributed by atoms with Crippen LogP contribution in [0.5, 0.6) is 0 Å². The molecule has 1 aromatic carbocycles. The maximum absolute atomic E-state index is 12.7. The van der Waals surface area contributed by atoms with E-state index in [4.69, 9.17) is 4.74 Å². The normalized spacial score (nSPS) is 25.8. The molecule has 9 nitrogen and oxygen atoms in total. The first-order valence-electron chi connectivity index (χ1n) is 8.18. The number of nitrogens with zero attached hydrogens (tertiary/aromatic N) is 4. The molecular formula is C17H18N4O5. The number of hydrogen-bond acceptors (Lipinski definition) is 7. The van der Waals surface area contributed by atoms with E-state index in [2.05, 4.69) is 9.97 Å². The smallest absolute Gasteiger partial charge is 0.281 e. The zero-order valence-corrected chi connectivity index (χ0v) is 13.7. The van der Waals surface area contributed by atoms with E-state index in [1.54, 1.807) is 0 Å². The number of aromatic nitrogens is 4. The maximum atomic E-state index is 12.7. The zero-order valence-electron chi connectivity index (χ0n) is 13.7. The van der Waals surface area contributed by atoms with Crippen molar-refractivity contribution in [2.24, 2.45) is 0 Å². The molecule has 2 aromatic heterocycles. The summed E-state index contributed by atoms with van der Waals surface area (Å²) < 4.78 is 8.32. The molecule has 3 N–H and O–H groups in total. The molecule has 26 heavy (non-hydrogen) atoms. The van der Waals surface area contributed by atoms with E-state index in [-0.39, 0.29) is 16.7 Å². The second-order valence-electron chi connectivity index (χ2n) is 6.22. The fraction of sp³-hybridized carbons (Fsp3) is 0.353. The highest BCUT2D eigenvalue weighted by Crippen LogP contribution is 2.30. The summed E-state index contributed by atoms with van der Waals surface area (Å²) in [5, 5.41) is 29.3. The van der Waals surface area contributed by atoms with Gasteiger partial charge in [0.2, 0.25) is 0 Å². The average Bonchev–Trinajstić information content (AvgIpc) is 3.20. The van der Waals surface area contributed by atoms with Gasteiger partial charge in [0.25, 0.3) is 5.56 Å². The molecule has 4 rings (SSSR count). The monoisotopic (exact) mass is 358 g/mol. The molecule has 1 aliphatic rings. The van der Waals surface area contributed by atoms with Crippen LogP contribution in [0.2, 0.25) is 0 Å². The van der Waals surface area contributed by atoms with E-state index >= 15 is 0 Å². The van der Waals surface area contributed by atoms with Crippen molar-refractivity contribution in [2.75, 3.05) is 6.61 Å². The van der Waals surface area contributed by atoms with Crippen LogP contribution in [-0.4, -0.2) is 59.3 Å². The lowest BCUT2D eigenvalue weighted by Crippen LogP contribution is -2.33. The first-order chi connectivity index (χ1) is 12.6. The van der Waals surface area contributed by atoms with Crippen molar-refractivity contribution >= 4 is 11.2 Å². The molecule has 1 fully saturated rings. The Morgan fingerprint density at radius 2 is 1.85 bits per heavy atom. The molecule has 4 unspecified atom stereocenters. The molecule has 9 heteroatoms. The highest BCUT2D eigenvalue weighted by Gasteiger charge is 2.44. The zero-order chi connectivity index (χ0) is 18.3. The molecule has 0 bridgehead atoms. The number of fused-ring (bicyclic) bond motifs is 1. The fourth-order valence-electron chi connectivity index (χ4n) is 3.13. The lowest BCUT2D eigenvalue weighted by Gasteiger charge is -2.16. The van der Waals surface area contributed by atoms with E-state index in [0.29, 0.717) is 6.54 Å². The van der Waals surface area contributed by atoms with Gasteiger partial charge in [-0.15, -0.1) is 0 Å². The second kappa shape index (κ2) is 6.61. The van der Waals surface area contributed by atoms with Crippen LogP contribution in [0.1, 0.15) is 11.8 Å². The highest BCUT2D eigenvalue weighted by molar-refractivity contribution is 5.69. The number of rotatable bonds is 4. The first kappa shape index (κ1) is 16.9. The number of aliphatic hydroxyl groups excluding tert-OH is 3. The molecule has 3 aromatic rings. The molecule has 0 radical (unpaired) electrons. The van der Waals surface area contributed by atoms with Crippen molar-refractivity contribution in [3.05, 3.63) is 58.9 Å². The third-order valence-electron chi connectivity index (χ3n) is 4.54. The van der Waals surface area contributed by atoms with Gasteiger partial charge in [0.05, 0.1) is 19.5 Å². The van der Waals surface area contributed by atoms with Crippen LogP contribution in [0, 0.1) is 0 Å². The van der Waals surface area contributed by atoms with Crippen LogP contribution in [0.15, 0.2) is 47.8 Å². The molecule has 1 saturated heterocycles. The number of imidazole rings is 1. The molecule has 0 aliphatic carbocycles. The van der Waals surface area contributed by atoms with Crippen molar-refractivity contribution in [2.45, 2.75) is 31.1 Å². The Bertz CT molecular complexity index is 970. The SMILES string of the molecule is O=c1c2ncn(C3OC(CO)C(O)C3O)c2ncn1Cc1ccccc1. The van der Waals surface area contributed by atoms with Gasteiger partial charge in [0.15, 0.2) is 17.4 Å². The minimum absolute atomic E-state index is 0.140. The van der Waals surface area contributed by atoms with Gasteiger partial charge in [0.1, 0.15) is 24.6 Å². The largest absolute Gasteiger partial charge is 0.394 e. The third-order valence-corrected chi connectivity index (χ3v) is 4.54. The number of aliphatic hydroxyl groups is 3. The summed E-state index contributed by atoms with van der Waals surface area (Å²) in [6, 6.07) is 9.50. The topological polar surface area (TPSA) is 123 Å². The number of ether oxygens (including phenoxy) is 1. The summed E-state index contributed by atoms with van der Waals surface area (Å²) in [6.07, 6.45) is -1.64. The lowest BCUT2D eigenvalue weighted by atomic mass is 10.1. The van der Waals surface area contributed by atoms with Gasteiger partial charge >= 0.3 is 0 Å². The standard InChI is InChI=1S/C17H18N4O5/c22-7-11-13(23)14(24)17(26-11)21-9-18-12-15(21)19-8-20(16(12)25)6-10-4-2-1-3-5-10/h1-5,8-9,11,13-14,17,22-24H,6-7H2. The summed E-state index contributed by atoms with van der Waals surface area (Å²) >= 11 is 0. The first-order valence-corrected chi connectivity index (χ1v) is 8.18. The summed E-state index contributed by atoms with van der Waals surface area (Å²) in [5.41, 5.74) is 1.03. The Morgan fingerprint density at radius 3 is 2.54 bits per heavy atom. The summed E-state index contributed by atoms with van der Waals surface area (Å²) in [7, 11) is 0. The molecule has 0 saturated carbocycles. The summed E-state index contributed by atoms with van der Waals surface area (Å²) in [6.45, 7) is -0.0675. The van der Waals surface area contributed by atoms with Gasteiger partial charge in [-0.2, -0.15) is 0 Å². The molecule has 0 amide bonds. The Kier molecular flexibility index (Phi) is 4.29. The number of benzene rings is 1. The molecular weight excluding hydrogens is 340 g/mol. The van der Waals surface area contributed by atoms with E-state index in [9.17, 15) is 20.1 Å². The van der Waals surface area contributed by atoms with E-state index in [1.807, 2.05) is 30.3 Å². The third kappa shape index (κ3) is 2.71. The van der Waals surface area contributed by atoms with Crippen LogP contribution < -0.4 is 5.56 Å². The van der Waals surface area contributed by atoms with E-state index in [0.717, 1.165) is 5.56 Å². The quantitative estimate of drug-likeness (QED) is 0.561. The fourth-order valence-corrected chi connectivity index (χ4v) is 3.13. The Balaban J connectivity index is 1.70. The lowest BCUT2D eigenvalue weighted by molar-refractivity contribution is -0.0511. The Hall–Kier alpha value is -2.59. The molecule has 4 atom stereocenters. The Morgan fingerprint density at radius 1 is 1.08 bits per heavy atom. The Labute approximate surface area is 147 Å². The molecule has 136 valence electrons. The van der Waals surface area contributed by atoms with Gasteiger partial charge in [-0.05, 0) is 5.56 Å². The minimum atomic E-state index is -1.27. The number of hydrogen-bond donors (Lipinski definition) is 3. The van der Waals surface area contributed by atoms with Gasteiger partial charge in [-0.25, -0.2) is 9.97 Å². The predicted molar refractivity (Wildman–Crippen MR) is 90.3 cm³/mol. The van der Waals surface area contributed by atoms with Crippen molar-refractivity contribution in [1.29, 1.82) is 0 Å². The van der Waals surface area contributed by atoms with Crippen LogP contribution >= 0.6 is 0 Å². The average molecular weight is 358 g/mol.